The maximum absolute atomic E-state index is 12.0. The summed E-state index contributed by atoms with van der Waals surface area (Å²) in [4.78, 5) is 33.2. The largest absolute Gasteiger partial charge is 0.480 e. The van der Waals surface area contributed by atoms with Gasteiger partial charge in [-0.2, -0.15) is 0 Å². The van der Waals surface area contributed by atoms with Crippen molar-refractivity contribution in [3.63, 3.8) is 0 Å². The number of nitro benzene ring substituents is 1. The number of carbonyl (C=O) groups is 2. The van der Waals surface area contributed by atoms with Gasteiger partial charge in [-0.1, -0.05) is 23.2 Å². The van der Waals surface area contributed by atoms with Crippen molar-refractivity contribution < 1.29 is 19.6 Å². The molecule has 1 aliphatic carbocycles. The first-order chi connectivity index (χ1) is 9.81. The van der Waals surface area contributed by atoms with E-state index in [-0.39, 0.29) is 21.5 Å². The van der Waals surface area contributed by atoms with Crippen LogP contribution in [0.15, 0.2) is 12.1 Å². The summed E-state index contributed by atoms with van der Waals surface area (Å²) < 4.78 is 0. The molecule has 1 fully saturated rings. The molecule has 1 aliphatic rings. The molecule has 0 saturated heterocycles. The number of nitrogens with zero attached hydrogens (tertiary/aromatic N) is 1. The molecule has 112 valence electrons. The molecule has 0 radical (unpaired) electrons. The lowest BCUT2D eigenvalue weighted by atomic mass is 10.1. The van der Waals surface area contributed by atoms with Gasteiger partial charge in [0, 0.05) is 11.6 Å². The van der Waals surface area contributed by atoms with Gasteiger partial charge in [-0.05, 0) is 24.8 Å². The molecule has 21 heavy (non-hydrogen) atoms. The molecule has 1 aromatic rings. The highest BCUT2D eigenvalue weighted by molar-refractivity contribution is 6.43. The molecule has 1 unspecified atom stereocenters. The minimum Gasteiger partial charge on any atom is -0.480 e. The minimum absolute atomic E-state index is 0.107. The predicted molar refractivity (Wildman–Crippen MR) is 74.7 cm³/mol. The summed E-state index contributed by atoms with van der Waals surface area (Å²) in [5, 5.41) is 21.8. The molecule has 2 N–H and O–H groups in total. The van der Waals surface area contributed by atoms with E-state index >= 15 is 0 Å². The van der Waals surface area contributed by atoms with Crippen LogP contribution in [0.25, 0.3) is 0 Å². The molecule has 0 bridgehead atoms. The molecule has 2 rings (SSSR count). The average molecular weight is 333 g/mol. The Morgan fingerprint density at radius 2 is 2.00 bits per heavy atom. The van der Waals surface area contributed by atoms with Crippen LogP contribution < -0.4 is 5.32 Å². The van der Waals surface area contributed by atoms with Crippen molar-refractivity contribution in [1.82, 2.24) is 5.32 Å². The standard InChI is InChI=1S/C12H10Cl2N2O5/c13-7-3-6(4-8(9(7)14)16(20)21)11(17)15-10(12(18)19)5-1-2-5/h3-5,10H,1-2H2,(H,15,17)(H,18,19). The van der Waals surface area contributed by atoms with E-state index in [4.69, 9.17) is 28.3 Å². The number of carboxylic acid groups (broad SMARTS) is 1. The first-order valence-electron chi connectivity index (χ1n) is 5.98. The van der Waals surface area contributed by atoms with E-state index in [1.54, 1.807) is 0 Å². The lowest BCUT2D eigenvalue weighted by Crippen LogP contribution is -2.42. The highest BCUT2D eigenvalue weighted by Crippen LogP contribution is 2.34. The Morgan fingerprint density at radius 3 is 2.48 bits per heavy atom. The molecular formula is C12H10Cl2N2O5. The summed E-state index contributed by atoms with van der Waals surface area (Å²) in [6.45, 7) is 0. The summed E-state index contributed by atoms with van der Waals surface area (Å²) in [5.41, 5.74) is -0.615. The van der Waals surface area contributed by atoms with Crippen LogP contribution >= 0.6 is 23.2 Å². The van der Waals surface area contributed by atoms with Gasteiger partial charge in [-0.25, -0.2) is 4.79 Å². The van der Waals surface area contributed by atoms with E-state index in [9.17, 15) is 19.7 Å². The van der Waals surface area contributed by atoms with Crippen LogP contribution in [0.2, 0.25) is 10.0 Å². The first-order valence-corrected chi connectivity index (χ1v) is 6.74. The molecule has 1 aromatic carbocycles. The number of rotatable bonds is 5. The molecular weight excluding hydrogens is 323 g/mol. The zero-order valence-electron chi connectivity index (χ0n) is 10.5. The van der Waals surface area contributed by atoms with Crippen molar-refractivity contribution in [3.05, 3.63) is 37.9 Å². The zero-order valence-corrected chi connectivity index (χ0v) is 12.0. The van der Waals surface area contributed by atoms with E-state index in [2.05, 4.69) is 5.32 Å². The molecule has 0 heterocycles. The third-order valence-corrected chi connectivity index (χ3v) is 3.91. The van der Waals surface area contributed by atoms with Gasteiger partial charge in [0.15, 0.2) is 0 Å². The van der Waals surface area contributed by atoms with Crippen molar-refractivity contribution in [3.8, 4) is 0 Å². The normalized spacial score (nSPS) is 15.3. The fourth-order valence-electron chi connectivity index (χ4n) is 1.87. The number of carbonyl (C=O) groups excluding carboxylic acids is 1. The van der Waals surface area contributed by atoms with Crippen LogP contribution in [0.1, 0.15) is 23.2 Å². The fraction of sp³-hybridized carbons (Fsp3) is 0.333. The molecule has 7 nitrogen and oxygen atoms in total. The minimum atomic E-state index is -1.14. The van der Waals surface area contributed by atoms with Gasteiger partial charge in [0.25, 0.3) is 11.6 Å². The monoisotopic (exact) mass is 332 g/mol. The van der Waals surface area contributed by atoms with Crippen LogP contribution in [0.4, 0.5) is 5.69 Å². The predicted octanol–water partition coefficient (Wildman–Crippen LogP) is 2.49. The lowest BCUT2D eigenvalue weighted by molar-refractivity contribution is -0.384. The van der Waals surface area contributed by atoms with Crippen molar-refractivity contribution in [1.29, 1.82) is 0 Å². The third kappa shape index (κ3) is 3.43. The van der Waals surface area contributed by atoms with Gasteiger partial charge < -0.3 is 10.4 Å². The highest BCUT2D eigenvalue weighted by Gasteiger charge is 2.37. The number of carboxylic acids is 1. The molecule has 0 spiro atoms. The van der Waals surface area contributed by atoms with Gasteiger partial charge in [-0.15, -0.1) is 0 Å². The van der Waals surface area contributed by atoms with Gasteiger partial charge in [0.05, 0.1) is 9.95 Å². The van der Waals surface area contributed by atoms with Gasteiger partial charge in [0.1, 0.15) is 11.1 Å². The topological polar surface area (TPSA) is 110 Å². The second-order valence-electron chi connectivity index (χ2n) is 4.68. The van der Waals surface area contributed by atoms with E-state index in [0.29, 0.717) is 0 Å². The van der Waals surface area contributed by atoms with Crippen LogP contribution in [0, 0.1) is 16.0 Å². The Balaban J connectivity index is 2.26. The number of nitro groups is 1. The second-order valence-corrected chi connectivity index (χ2v) is 5.46. The highest BCUT2D eigenvalue weighted by atomic mass is 35.5. The number of halogens is 2. The smallest absolute Gasteiger partial charge is 0.326 e. The van der Waals surface area contributed by atoms with Crippen molar-refractivity contribution in [2.24, 2.45) is 5.92 Å². The Labute approximate surface area is 129 Å². The maximum atomic E-state index is 12.0. The summed E-state index contributed by atoms with van der Waals surface area (Å²) in [5.74, 6) is -1.99. The Hall–Kier alpha value is -1.86. The third-order valence-electron chi connectivity index (χ3n) is 3.11. The van der Waals surface area contributed by atoms with Crippen LogP contribution in [-0.4, -0.2) is 27.9 Å². The van der Waals surface area contributed by atoms with Crippen LogP contribution in [-0.2, 0) is 4.79 Å². The number of nitrogens with one attached hydrogen (secondary N) is 1. The Kier molecular flexibility index (Phi) is 4.34. The number of hydrogen-bond donors (Lipinski definition) is 2. The number of amides is 1. The maximum Gasteiger partial charge on any atom is 0.326 e. The molecule has 0 aromatic heterocycles. The molecule has 1 saturated carbocycles. The van der Waals surface area contributed by atoms with Crippen molar-refractivity contribution >= 4 is 40.8 Å². The Morgan fingerprint density at radius 1 is 1.38 bits per heavy atom. The zero-order chi connectivity index (χ0) is 15.7. The molecule has 0 aliphatic heterocycles. The summed E-state index contributed by atoms with van der Waals surface area (Å²) in [7, 11) is 0. The summed E-state index contributed by atoms with van der Waals surface area (Å²) >= 11 is 11.4. The van der Waals surface area contributed by atoms with Crippen LogP contribution in [0.3, 0.4) is 0 Å². The van der Waals surface area contributed by atoms with Crippen molar-refractivity contribution in [2.75, 3.05) is 0 Å². The molecule has 9 heteroatoms. The Bertz CT molecular complexity index is 630. The second kappa shape index (κ2) is 5.87. The number of benzene rings is 1. The molecule has 1 amide bonds. The van der Waals surface area contributed by atoms with Gasteiger partial charge >= 0.3 is 5.97 Å². The fourth-order valence-corrected chi connectivity index (χ4v) is 2.27. The van der Waals surface area contributed by atoms with E-state index < -0.39 is 28.5 Å². The van der Waals surface area contributed by atoms with Crippen LogP contribution in [0.5, 0.6) is 0 Å². The quantitative estimate of drug-likeness (QED) is 0.635. The number of aliphatic carboxylic acids is 1. The average Bonchev–Trinajstić information content (AvgIpc) is 3.22. The molecule has 1 atom stereocenters. The van der Waals surface area contributed by atoms with E-state index in [0.717, 1.165) is 25.0 Å². The van der Waals surface area contributed by atoms with Crippen molar-refractivity contribution in [2.45, 2.75) is 18.9 Å². The van der Waals surface area contributed by atoms with E-state index in [1.165, 1.54) is 0 Å². The number of hydrogen-bond acceptors (Lipinski definition) is 4. The van der Waals surface area contributed by atoms with Gasteiger partial charge in [-0.3, -0.25) is 14.9 Å². The van der Waals surface area contributed by atoms with E-state index in [1.807, 2.05) is 0 Å². The first kappa shape index (κ1) is 15.5. The lowest BCUT2D eigenvalue weighted by Gasteiger charge is -2.13. The summed E-state index contributed by atoms with van der Waals surface area (Å²) in [6.07, 6.45) is 1.44. The van der Waals surface area contributed by atoms with Gasteiger partial charge in [0.2, 0.25) is 0 Å². The SMILES string of the molecule is O=C(NC(C(=O)O)C1CC1)c1cc(Cl)c(Cl)c([N+](=O)[O-])c1. The summed E-state index contributed by atoms with van der Waals surface area (Å²) in [6, 6.07) is 1.12.